The van der Waals surface area contributed by atoms with Crippen LogP contribution in [0.5, 0.6) is 5.75 Å². The Kier molecular flexibility index (Phi) is 9.11. The Bertz CT molecular complexity index is 1570. The quantitative estimate of drug-likeness (QED) is 0.320. The fourth-order valence-corrected chi connectivity index (χ4v) is 5.94. The van der Waals surface area contributed by atoms with Gasteiger partial charge < -0.3 is 9.64 Å². The second-order valence-electron chi connectivity index (χ2n) is 10.1. The van der Waals surface area contributed by atoms with Gasteiger partial charge in [-0.25, -0.2) is 9.71 Å². The van der Waals surface area contributed by atoms with Gasteiger partial charge in [-0.3, -0.25) is 14.6 Å². The largest absolute Gasteiger partial charge is 0.495 e. The van der Waals surface area contributed by atoms with Crippen molar-refractivity contribution >= 4 is 33.4 Å². The van der Waals surface area contributed by atoms with E-state index in [1.807, 2.05) is 35.1 Å². The van der Waals surface area contributed by atoms with E-state index in [1.54, 1.807) is 31.2 Å². The number of benzene rings is 1. The first-order chi connectivity index (χ1) is 19.5. The molecular formula is C29H33N5O5S2. The molecule has 0 unspecified atom stereocenters. The maximum Gasteiger partial charge on any atom is 0.303 e. The summed E-state index contributed by atoms with van der Waals surface area (Å²) in [6.45, 7) is 2.33. The number of hydrogen-bond donors (Lipinski definition) is 1. The highest BCUT2D eigenvalue weighted by atomic mass is 32.2. The van der Waals surface area contributed by atoms with E-state index in [1.165, 1.54) is 25.4 Å². The number of pyridine rings is 1. The van der Waals surface area contributed by atoms with Crippen LogP contribution in [0, 0.1) is 19.3 Å². The highest BCUT2D eigenvalue weighted by Crippen LogP contribution is 2.49. The third-order valence-electron chi connectivity index (χ3n) is 6.98. The van der Waals surface area contributed by atoms with Crippen LogP contribution in [-0.2, 0) is 33.4 Å². The zero-order valence-corrected chi connectivity index (χ0v) is 25.1. The van der Waals surface area contributed by atoms with Crippen LogP contribution >= 0.6 is 11.3 Å². The van der Waals surface area contributed by atoms with E-state index in [4.69, 9.17) is 11.2 Å². The minimum absolute atomic E-state index is 0.0203. The highest BCUT2D eigenvalue weighted by molar-refractivity contribution is 7.87. The average molecular weight is 596 g/mol. The summed E-state index contributed by atoms with van der Waals surface area (Å²) in [5.74, 6) is 2.39. The Morgan fingerprint density at radius 3 is 2.59 bits per heavy atom. The third-order valence-corrected chi connectivity index (χ3v) is 9.34. The molecule has 1 saturated carbocycles. The maximum atomic E-state index is 14.1. The molecule has 1 aromatic carbocycles. The Hall–Kier alpha value is -3.79. The SMILES string of the molecule is C#Cc1cccc(CCCN(Cc2nc(C(=O)NS(=O)(=O)N(C)C)c(C)s2)C(=O)C2(c3ccc(OC)cn3)CC2)c1. The topological polar surface area (TPSA) is 122 Å². The fourth-order valence-electron chi connectivity index (χ4n) is 4.48. The highest BCUT2D eigenvalue weighted by Gasteiger charge is 2.54. The number of hydrogen-bond acceptors (Lipinski definition) is 8. The Morgan fingerprint density at radius 1 is 1.22 bits per heavy atom. The Morgan fingerprint density at radius 2 is 1.98 bits per heavy atom. The van der Waals surface area contributed by atoms with Gasteiger partial charge in [0.1, 0.15) is 16.5 Å². The predicted octanol–water partition coefficient (Wildman–Crippen LogP) is 3.07. The van der Waals surface area contributed by atoms with Crippen LogP contribution in [0.2, 0.25) is 0 Å². The molecule has 2 amide bonds. The van der Waals surface area contributed by atoms with E-state index in [2.05, 4.69) is 15.9 Å². The fraction of sp³-hybridized carbons (Fsp3) is 0.379. The molecule has 0 saturated heterocycles. The van der Waals surface area contributed by atoms with Crippen LogP contribution < -0.4 is 9.46 Å². The summed E-state index contributed by atoms with van der Waals surface area (Å²) in [5, 5.41) is 0.538. The monoisotopic (exact) mass is 595 g/mol. The lowest BCUT2D eigenvalue weighted by molar-refractivity contribution is -0.134. The van der Waals surface area contributed by atoms with Crippen molar-refractivity contribution in [2.45, 2.75) is 44.6 Å². The van der Waals surface area contributed by atoms with E-state index in [0.29, 0.717) is 47.1 Å². The summed E-state index contributed by atoms with van der Waals surface area (Å²) in [6.07, 6.45) is 9.93. The maximum absolute atomic E-state index is 14.1. The molecule has 10 nitrogen and oxygen atoms in total. The molecule has 41 heavy (non-hydrogen) atoms. The number of nitrogens with zero attached hydrogens (tertiary/aromatic N) is 4. The molecule has 0 atom stereocenters. The van der Waals surface area contributed by atoms with Crippen LogP contribution in [0.25, 0.3) is 0 Å². The minimum atomic E-state index is -3.97. The van der Waals surface area contributed by atoms with Gasteiger partial charge in [-0.1, -0.05) is 18.1 Å². The molecule has 1 aliphatic carbocycles. The average Bonchev–Trinajstić information content (AvgIpc) is 3.68. The third kappa shape index (κ3) is 6.93. The smallest absolute Gasteiger partial charge is 0.303 e. The number of rotatable bonds is 12. The van der Waals surface area contributed by atoms with Crippen molar-refractivity contribution in [3.63, 3.8) is 0 Å². The summed E-state index contributed by atoms with van der Waals surface area (Å²) in [4.78, 5) is 38.1. The molecule has 0 bridgehead atoms. The summed E-state index contributed by atoms with van der Waals surface area (Å²) < 4.78 is 32.5. The van der Waals surface area contributed by atoms with Gasteiger partial charge in [0.2, 0.25) is 5.91 Å². The van der Waals surface area contributed by atoms with Crippen LogP contribution in [0.3, 0.4) is 0 Å². The van der Waals surface area contributed by atoms with Gasteiger partial charge in [0.05, 0.1) is 31.0 Å². The molecule has 0 radical (unpaired) electrons. The van der Waals surface area contributed by atoms with Crippen molar-refractivity contribution in [3.05, 3.63) is 75.0 Å². The van der Waals surface area contributed by atoms with Gasteiger partial charge in [-0.05, 0) is 62.4 Å². The summed E-state index contributed by atoms with van der Waals surface area (Å²) in [5.41, 5.74) is 1.88. The lowest BCUT2D eigenvalue weighted by atomic mass is 9.99. The van der Waals surface area contributed by atoms with Crippen molar-refractivity contribution in [2.75, 3.05) is 27.7 Å². The normalized spacial score (nSPS) is 13.9. The predicted molar refractivity (Wildman–Crippen MR) is 157 cm³/mol. The van der Waals surface area contributed by atoms with E-state index < -0.39 is 21.5 Å². The first kappa shape index (κ1) is 30.2. The number of aryl methyl sites for hydroxylation is 2. The molecule has 12 heteroatoms. The second kappa shape index (κ2) is 12.4. The number of carbonyl (C=O) groups excluding carboxylic acids is 2. The number of terminal acetylenes is 1. The zero-order chi connectivity index (χ0) is 29.8. The van der Waals surface area contributed by atoms with Gasteiger partial charge in [0.25, 0.3) is 5.91 Å². The van der Waals surface area contributed by atoms with Gasteiger partial charge in [0.15, 0.2) is 0 Å². The van der Waals surface area contributed by atoms with Crippen molar-refractivity contribution in [2.24, 2.45) is 0 Å². The van der Waals surface area contributed by atoms with Gasteiger partial charge in [-0.2, -0.15) is 12.7 Å². The second-order valence-corrected chi connectivity index (χ2v) is 13.2. The van der Waals surface area contributed by atoms with Crippen LogP contribution in [0.4, 0.5) is 0 Å². The van der Waals surface area contributed by atoms with Crippen molar-refractivity contribution in [3.8, 4) is 18.1 Å². The molecule has 0 aliphatic heterocycles. The molecule has 216 valence electrons. The number of aromatic nitrogens is 2. The van der Waals surface area contributed by atoms with Gasteiger partial charge in [-0.15, -0.1) is 17.8 Å². The molecule has 0 spiro atoms. The van der Waals surface area contributed by atoms with E-state index in [0.717, 1.165) is 21.9 Å². The molecule has 1 fully saturated rings. The van der Waals surface area contributed by atoms with Crippen LogP contribution in [-0.4, -0.2) is 67.2 Å². The molecular weight excluding hydrogens is 562 g/mol. The van der Waals surface area contributed by atoms with Gasteiger partial charge >= 0.3 is 10.2 Å². The molecule has 3 aromatic rings. The lowest BCUT2D eigenvalue weighted by Gasteiger charge is -2.27. The number of amides is 2. The van der Waals surface area contributed by atoms with E-state index in [9.17, 15) is 18.0 Å². The lowest BCUT2D eigenvalue weighted by Crippen LogP contribution is -2.40. The number of nitrogens with one attached hydrogen (secondary N) is 1. The number of methoxy groups -OCH3 is 1. The van der Waals surface area contributed by atoms with E-state index in [-0.39, 0.29) is 18.1 Å². The first-order valence-electron chi connectivity index (χ1n) is 13.1. The number of ether oxygens (including phenoxy) is 1. The van der Waals surface area contributed by atoms with Crippen molar-refractivity contribution < 1.29 is 22.7 Å². The Labute approximate surface area is 244 Å². The van der Waals surface area contributed by atoms with Crippen molar-refractivity contribution in [1.82, 2.24) is 23.9 Å². The van der Waals surface area contributed by atoms with Gasteiger partial charge in [0, 0.05) is 31.1 Å². The summed E-state index contributed by atoms with van der Waals surface area (Å²) in [6, 6.07) is 11.4. The summed E-state index contributed by atoms with van der Waals surface area (Å²) >= 11 is 1.26. The Balaban J connectivity index is 1.56. The molecule has 2 heterocycles. The van der Waals surface area contributed by atoms with Crippen LogP contribution in [0.1, 0.15) is 56.5 Å². The first-order valence-corrected chi connectivity index (χ1v) is 15.3. The molecule has 1 N–H and O–H groups in total. The number of carbonyl (C=O) groups is 2. The minimum Gasteiger partial charge on any atom is -0.495 e. The summed E-state index contributed by atoms with van der Waals surface area (Å²) in [7, 11) is 0.244. The molecule has 4 rings (SSSR count). The molecule has 1 aliphatic rings. The van der Waals surface area contributed by atoms with E-state index >= 15 is 0 Å². The zero-order valence-electron chi connectivity index (χ0n) is 23.5. The standard InChI is InChI=1S/C29H33N5O5S2/c1-6-21-9-7-10-22(17-21)11-8-16-34(28(36)29(14-15-29)24-13-12-23(39-5)18-30-24)19-25-31-26(20(2)40-25)27(35)32-41(37,38)33(3)4/h1,7,9-10,12-13,17-18H,8,11,14-16,19H2,2-5H3,(H,32,35). The van der Waals surface area contributed by atoms with Crippen molar-refractivity contribution in [1.29, 1.82) is 0 Å². The molecule has 2 aromatic heterocycles. The van der Waals surface area contributed by atoms with Crippen LogP contribution in [0.15, 0.2) is 42.6 Å². The number of thiazole rings is 1.